The number of carbonyl (C=O) groups excluding carboxylic acids is 2. The van der Waals surface area contributed by atoms with Crippen molar-refractivity contribution in [3.8, 4) is 0 Å². The molecule has 0 saturated carbocycles. The highest BCUT2D eigenvalue weighted by atomic mass is 16.6. The van der Waals surface area contributed by atoms with Crippen LogP contribution in [0.25, 0.3) is 0 Å². The number of esters is 2. The Morgan fingerprint density at radius 3 is 2.91 bits per heavy atom. The van der Waals surface area contributed by atoms with Gasteiger partial charge in [-0.15, -0.1) is 0 Å². The Balaban J connectivity index is 1.65. The molecule has 2 saturated heterocycles. The third-order valence-electron chi connectivity index (χ3n) is 5.64. The summed E-state index contributed by atoms with van der Waals surface area (Å²) in [5.41, 5.74) is -0.00275. The quantitative estimate of drug-likeness (QED) is 0.604. The smallest absolute Gasteiger partial charge is 0.316 e. The Morgan fingerprint density at radius 1 is 1.55 bits per heavy atom. The number of aliphatic hydroxyl groups excluding tert-OH is 1. The van der Waals surface area contributed by atoms with E-state index in [1.54, 1.807) is 20.8 Å². The molecule has 3 rings (SSSR count). The number of carbonyl (C=O) groups is 2. The second-order valence-corrected chi connectivity index (χ2v) is 6.73. The molecule has 0 aromatic rings. The fraction of sp³-hybridized carbons (Fsp3) is 0.750. The summed E-state index contributed by atoms with van der Waals surface area (Å²) in [6.07, 6.45) is 1.89. The van der Waals surface area contributed by atoms with Gasteiger partial charge in [-0.2, -0.15) is 0 Å². The van der Waals surface area contributed by atoms with E-state index >= 15 is 0 Å². The molecule has 0 aromatic carbocycles. The van der Waals surface area contributed by atoms with Crippen molar-refractivity contribution in [3.63, 3.8) is 0 Å². The average molecular weight is 309 g/mol. The lowest BCUT2D eigenvalue weighted by molar-refractivity contribution is -0.158. The number of cyclic esters (lactones) is 1. The molecule has 22 heavy (non-hydrogen) atoms. The van der Waals surface area contributed by atoms with E-state index in [1.165, 1.54) is 0 Å². The highest BCUT2D eigenvalue weighted by Crippen LogP contribution is 2.41. The Morgan fingerprint density at radius 2 is 2.27 bits per heavy atom. The molecule has 3 aliphatic rings. The molecule has 2 fully saturated rings. The minimum Gasteiger partial charge on any atom is -0.461 e. The van der Waals surface area contributed by atoms with Gasteiger partial charge in [0.15, 0.2) is 0 Å². The van der Waals surface area contributed by atoms with Crippen LogP contribution in [0, 0.1) is 11.3 Å². The van der Waals surface area contributed by atoms with Crippen LogP contribution in [0.4, 0.5) is 0 Å². The van der Waals surface area contributed by atoms with Crippen molar-refractivity contribution in [2.24, 2.45) is 11.3 Å². The van der Waals surface area contributed by atoms with Gasteiger partial charge >= 0.3 is 11.9 Å². The van der Waals surface area contributed by atoms with Gasteiger partial charge in [0, 0.05) is 13.1 Å². The van der Waals surface area contributed by atoms with E-state index in [2.05, 4.69) is 4.90 Å². The third kappa shape index (κ3) is 2.16. The van der Waals surface area contributed by atoms with E-state index in [9.17, 15) is 14.7 Å². The summed E-state index contributed by atoms with van der Waals surface area (Å²) in [5.74, 6) is -1.28. The van der Waals surface area contributed by atoms with Crippen molar-refractivity contribution >= 4 is 11.9 Å². The van der Waals surface area contributed by atoms with Crippen LogP contribution in [0.5, 0.6) is 0 Å². The second kappa shape index (κ2) is 5.35. The molecule has 0 aliphatic carbocycles. The fourth-order valence-corrected chi connectivity index (χ4v) is 3.67. The summed E-state index contributed by atoms with van der Waals surface area (Å²) in [4.78, 5) is 26.4. The first-order valence-corrected chi connectivity index (χ1v) is 7.84. The predicted octanol–water partition coefficient (Wildman–Crippen LogP) is 0.492. The van der Waals surface area contributed by atoms with Gasteiger partial charge in [0.05, 0.1) is 18.1 Å². The van der Waals surface area contributed by atoms with Crippen LogP contribution >= 0.6 is 0 Å². The lowest BCUT2D eigenvalue weighted by Crippen LogP contribution is -2.41. The molecule has 0 amide bonds. The number of ether oxygens (including phenoxy) is 2. The zero-order valence-corrected chi connectivity index (χ0v) is 13.2. The van der Waals surface area contributed by atoms with Crippen molar-refractivity contribution < 1.29 is 24.2 Å². The standard InChI is InChI=1S/C16H23NO5/c1-9-14(19)22-10(2)16(9,3)15(20)21-8-11-4-6-17-7-5-12(18)13(11)17/h4,9-10,12-13,18H,5-8H2,1-3H3. The molecule has 6 heteroatoms. The molecule has 1 N–H and O–H groups in total. The summed E-state index contributed by atoms with van der Waals surface area (Å²) in [5, 5.41) is 10.0. The van der Waals surface area contributed by atoms with Gasteiger partial charge in [-0.3, -0.25) is 14.5 Å². The van der Waals surface area contributed by atoms with Gasteiger partial charge in [0.1, 0.15) is 18.1 Å². The zero-order valence-electron chi connectivity index (χ0n) is 13.2. The molecule has 3 heterocycles. The molecule has 5 atom stereocenters. The monoisotopic (exact) mass is 309 g/mol. The Kier molecular flexibility index (Phi) is 3.77. The van der Waals surface area contributed by atoms with Gasteiger partial charge in [-0.25, -0.2) is 0 Å². The molecule has 0 radical (unpaired) electrons. The zero-order chi connectivity index (χ0) is 16.1. The van der Waals surface area contributed by atoms with Crippen LogP contribution in [0.15, 0.2) is 11.6 Å². The lowest BCUT2D eigenvalue weighted by atomic mass is 9.76. The number of hydrogen-bond donors (Lipinski definition) is 1. The third-order valence-corrected chi connectivity index (χ3v) is 5.64. The minimum absolute atomic E-state index is 0.0306. The minimum atomic E-state index is -0.954. The van der Waals surface area contributed by atoms with E-state index in [4.69, 9.17) is 9.47 Å². The maximum absolute atomic E-state index is 12.5. The molecule has 5 unspecified atom stereocenters. The Labute approximate surface area is 130 Å². The van der Waals surface area contributed by atoms with Crippen LogP contribution in [0.2, 0.25) is 0 Å². The normalized spacial score (nSPS) is 41.3. The maximum atomic E-state index is 12.5. The van der Waals surface area contributed by atoms with Crippen molar-refractivity contribution in [2.75, 3.05) is 19.7 Å². The number of hydrogen-bond acceptors (Lipinski definition) is 6. The van der Waals surface area contributed by atoms with E-state index in [0.717, 1.165) is 25.1 Å². The molecule has 0 spiro atoms. The van der Waals surface area contributed by atoms with Gasteiger partial charge < -0.3 is 14.6 Å². The summed E-state index contributed by atoms with van der Waals surface area (Å²) >= 11 is 0. The lowest BCUT2D eigenvalue weighted by Gasteiger charge is -2.28. The van der Waals surface area contributed by atoms with Gasteiger partial charge in [0.25, 0.3) is 0 Å². The van der Waals surface area contributed by atoms with Crippen molar-refractivity contribution in [1.82, 2.24) is 4.90 Å². The maximum Gasteiger partial charge on any atom is 0.316 e. The molecular weight excluding hydrogens is 286 g/mol. The predicted molar refractivity (Wildman–Crippen MR) is 77.9 cm³/mol. The first-order valence-electron chi connectivity index (χ1n) is 7.84. The summed E-state index contributed by atoms with van der Waals surface area (Å²) in [7, 11) is 0. The second-order valence-electron chi connectivity index (χ2n) is 6.73. The van der Waals surface area contributed by atoms with Crippen LogP contribution in [0.1, 0.15) is 27.2 Å². The SMILES string of the molecule is CC1OC(=O)C(C)C1(C)C(=O)OCC1=CCN2CCC(O)C12. The van der Waals surface area contributed by atoms with Crippen LogP contribution in [-0.2, 0) is 19.1 Å². The van der Waals surface area contributed by atoms with E-state index < -0.39 is 29.5 Å². The van der Waals surface area contributed by atoms with Gasteiger partial charge in [-0.1, -0.05) is 13.0 Å². The topological polar surface area (TPSA) is 76.1 Å². The number of fused-ring (bicyclic) bond motifs is 1. The van der Waals surface area contributed by atoms with Crippen molar-refractivity contribution in [3.05, 3.63) is 11.6 Å². The van der Waals surface area contributed by atoms with E-state index in [0.29, 0.717) is 0 Å². The molecule has 6 nitrogen and oxygen atoms in total. The van der Waals surface area contributed by atoms with Gasteiger partial charge in [0.2, 0.25) is 0 Å². The average Bonchev–Trinajstić information content (AvgIpc) is 3.10. The van der Waals surface area contributed by atoms with Crippen molar-refractivity contribution in [2.45, 2.75) is 45.4 Å². The first kappa shape index (κ1) is 15.5. The van der Waals surface area contributed by atoms with Crippen LogP contribution in [0.3, 0.4) is 0 Å². The molecule has 3 aliphatic heterocycles. The molecular formula is C16H23NO5. The van der Waals surface area contributed by atoms with Crippen molar-refractivity contribution in [1.29, 1.82) is 0 Å². The van der Waals surface area contributed by atoms with E-state index in [1.807, 2.05) is 6.08 Å². The molecule has 122 valence electrons. The summed E-state index contributed by atoms with van der Waals surface area (Å²) < 4.78 is 10.6. The number of nitrogens with zero attached hydrogens (tertiary/aromatic N) is 1. The molecule has 0 aromatic heterocycles. The summed E-state index contributed by atoms with van der Waals surface area (Å²) in [6, 6.07) is -0.0306. The highest BCUT2D eigenvalue weighted by Gasteiger charge is 2.56. The summed E-state index contributed by atoms with van der Waals surface area (Å²) in [6.45, 7) is 6.97. The largest absolute Gasteiger partial charge is 0.461 e. The van der Waals surface area contributed by atoms with Crippen LogP contribution < -0.4 is 0 Å². The first-order chi connectivity index (χ1) is 10.4. The number of rotatable bonds is 3. The van der Waals surface area contributed by atoms with Gasteiger partial charge in [-0.05, 0) is 25.8 Å². The van der Waals surface area contributed by atoms with Crippen LogP contribution in [-0.4, -0.2) is 59.9 Å². The number of aliphatic hydroxyl groups is 1. The highest BCUT2D eigenvalue weighted by molar-refractivity contribution is 5.88. The molecule has 0 bridgehead atoms. The fourth-order valence-electron chi connectivity index (χ4n) is 3.67. The van der Waals surface area contributed by atoms with E-state index in [-0.39, 0.29) is 18.6 Å². The Hall–Kier alpha value is -1.40. The Bertz CT molecular complexity index is 531.